The monoisotopic (exact) mass is 294 g/mol. The lowest BCUT2D eigenvalue weighted by Gasteiger charge is -2.21. The number of methoxy groups -OCH3 is 1. The Morgan fingerprint density at radius 1 is 1.24 bits per heavy atom. The number of nitrogens with one attached hydrogen (secondary N) is 2. The van der Waals surface area contributed by atoms with Crippen molar-refractivity contribution >= 4 is 5.91 Å². The van der Waals surface area contributed by atoms with Gasteiger partial charge >= 0.3 is 0 Å². The third-order valence-electron chi connectivity index (χ3n) is 2.92. The maximum Gasteiger partial charge on any atom is 0.223 e. The Morgan fingerprint density at radius 2 is 1.95 bits per heavy atom. The number of hydrogen-bond donors (Lipinski definition) is 2. The smallest absolute Gasteiger partial charge is 0.223 e. The summed E-state index contributed by atoms with van der Waals surface area (Å²) in [4.78, 5) is 11.2. The second-order valence-electron chi connectivity index (χ2n) is 5.86. The highest BCUT2D eigenvalue weighted by Gasteiger charge is 2.11. The van der Waals surface area contributed by atoms with Crippen LogP contribution in [0, 0.1) is 0 Å². The Hall–Kier alpha value is -1.75. The molecular formula is C16H26N2O3. The number of carbonyl (C=O) groups is 1. The van der Waals surface area contributed by atoms with Crippen molar-refractivity contribution < 1.29 is 14.3 Å². The summed E-state index contributed by atoms with van der Waals surface area (Å²) in [5, 5.41) is 5.99. The number of benzene rings is 1. The van der Waals surface area contributed by atoms with Crippen LogP contribution in [0.5, 0.6) is 11.5 Å². The van der Waals surface area contributed by atoms with Gasteiger partial charge in [-0.15, -0.1) is 0 Å². The Labute approximate surface area is 127 Å². The van der Waals surface area contributed by atoms with Crippen molar-refractivity contribution in [3.63, 3.8) is 0 Å². The molecule has 0 aliphatic carbocycles. The lowest BCUT2D eigenvalue weighted by molar-refractivity contribution is -0.121. The van der Waals surface area contributed by atoms with Crippen molar-refractivity contribution in [3.05, 3.63) is 23.8 Å². The molecule has 0 unspecified atom stereocenters. The highest BCUT2D eigenvalue weighted by molar-refractivity contribution is 5.75. The summed E-state index contributed by atoms with van der Waals surface area (Å²) >= 11 is 0. The maximum absolute atomic E-state index is 11.2. The molecule has 0 radical (unpaired) electrons. The van der Waals surface area contributed by atoms with Crippen LogP contribution in [0.3, 0.4) is 0 Å². The fourth-order valence-electron chi connectivity index (χ4n) is 1.69. The van der Waals surface area contributed by atoms with Crippen LogP contribution >= 0.6 is 0 Å². The average Bonchev–Trinajstić information content (AvgIpc) is 2.44. The third kappa shape index (κ3) is 6.49. The zero-order valence-corrected chi connectivity index (χ0v) is 13.6. The summed E-state index contributed by atoms with van der Waals surface area (Å²) in [5.74, 6) is 1.29. The molecule has 0 heterocycles. The van der Waals surface area contributed by atoms with Gasteiger partial charge in [0.2, 0.25) is 5.91 Å². The van der Waals surface area contributed by atoms with E-state index in [1.54, 1.807) is 14.2 Å². The van der Waals surface area contributed by atoms with Gasteiger partial charge < -0.3 is 20.1 Å². The van der Waals surface area contributed by atoms with Crippen LogP contribution in [0.2, 0.25) is 0 Å². The first-order valence-electron chi connectivity index (χ1n) is 7.11. The second-order valence-corrected chi connectivity index (χ2v) is 5.86. The molecule has 0 aromatic heterocycles. The third-order valence-corrected chi connectivity index (χ3v) is 2.92. The average molecular weight is 294 g/mol. The number of rotatable bonds is 7. The van der Waals surface area contributed by atoms with Gasteiger partial charge in [0.1, 0.15) is 0 Å². The zero-order valence-electron chi connectivity index (χ0n) is 13.6. The van der Waals surface area contributed by atoms with Crippen molar-refractivity contribution in [1.29, 1.82) is 0 Å². The second kappa shape index (κ2) is 7.88. The van der Waals surface area contributed by atoms with Crippen molar-refractivity contribution in [1.82, 2.24) is 10.6 Å². The SMILES string of the molecule is CNC(=O)CCOc1ccc(CNC(C)(C)C)cc1OC. The summed E-state index contributed by atoms with van der Waals surface area (Å²) in [6, 6.07) is 5.83. The fraction of sp³-hybridized carbons (Fsp3) is 0.562. The first kappa shape index (κ1) is 17.3. The summed E-state index contributed by atoms with van der Waals surface area (Å²) in [7, 11) is 3.22. The van der Waals surface area contributed by atoms with Crippen molar-refractivity contribution in [2.75, 3.05) is 20.8 Å². The molecule has 1 amide bonds. The molecule has 0 saturated heterocycles. The van der Waals surface area contributed by atoms with Crippen LogP contribution < -0.4 is 20.1 Å². The lowest BCUT2D eigenvalue weighted by atomic mass is 10.1. The van der Waals surface area contributed by atoms with Gasteiger partial charge in [0.15, 0.2) is 11.5 Å². The molecule has 21 heavy (non-hydrogen) atoms. The first-order chi connectivity index (χ1) is 9.85. The summed E-state index contributed by atoms with van der Waals surface area (Å²) in [6.07, 6.45) is 0.326. The van der Waals surface area contributed by atoms with E-state index in [1.165, 1.54) is 0 Å². The molecule has 5 nitrogen and oxygen atoms in total. The van der Waals surface area contributed by atoms with E-state index in [0.717, 1.165) is 12.1 Å². The van der Waals surface area contributed by atoms with Gasteiger partial charge in [0.05, 0.1) is 20.1 Å². The molecule has 1 rings (SSSR count). The minimum absolute atomic E-state index is 0.0417. The fourth-order valence-corrected chi connectivity index (χ4v) is 1.69. The Morgan fingerprint density at radius 3 is 2.52 bits per heavy atom. The van der Waals surface area contributed by atoms with E-state index in [4.69, 9.17) is 9.47 Å². The normalized spacial score (nSPS) is 11.1. The summed E-state index contributed by atoms with van der Waals surface area (Å²) in [5.41, 5.74) is 1.19. The topological polar surface area (TPSA) is 59.6 Å². The van der Waals surface area contributed by atoms with E-state index < -0.39 is 0 Å². The predicted molar refractivity (Wildman–Crippen MR) is 83.8 cm³/mol. The van der Waals surface area contributed by atoms with Crippen molar-refractivity contribution in [3.8, 4) is 11.5 Å². The summed E-state index contributed by atoms with van der Waals surface area (Å²) < 4.78 is 10.9. The molecule has 2 N–H and O–H groups in total. The van der Waals surface area contributed by atoms with Gasteiger partial charge in [-0.1, -0.05) is 6.07 Å². The molecule has 1 aromatic carbocycles. The van der Waals surface area contributed by atoms with Crippen LogP contribution in [0.4, 0.5) is 0 Å². The number of carbonyl (C=O) groups excluding carboxylic acids is 1. The van der Waals surface area contributed by atoms with Crippen LogP contribution in [0.1, 0.15) is 32.8 Å². The quantitative estimate of drug-likeness (QED) is 0.808. The standard InChI is InChI=1S/C16H26N2O3/c1-16(2,3)18-11-12-6-7-13(14(10-12)20-5)21-9-8-15(19)17-4/h6-7,10,18H,8-9,11H2,1-5H3,(H,17,19). The maximum atomic E-state index is 11.2. The molecule has 0 bridgehead atoms. The molecule has 5 heteroatoms. The van der Waals surface area contributed by atoms with Crippen molar-refractivity contribution in [2.45, 2.75) is 39.3 Å². The summed E-state index contributed by atoms with van der Waals surface area (Å²) in [6.45, 7) is 7.47. The van der Waals surface area contributed by atoms with E-state index in [0.29, 0.717) is 24.5 Å². The van der Waals surface area contributed by atoms with Gasteiger partial charge in [-0.2, -0.15) is 0 Å². The van der Waals surface area contributed by atoms with Gasteiger partial charge in [-0.05, 0) is 38.5 Å². The van der Waals surface area contributed by atoms with Crippen LogP contribution in [-0.2, 0) is 11.3 Å². The Bertz CT molecular complexity index is 467. The van der Waals surface area contributed by atoms with Crippen LogP contribution in [-0.4, -0.2) is 32.2 Å². The molecule has 0 aliphatic heterocycles. The zero-order chi connectivity index (χ0) is 15.9. The molecule has 0 saturated carbocycles. The minimum Gasteiger partial charge on any atom is -0.493 e. The largest absolute Gasteiger partial charge is 0.493 e. The molecular weight excluding hydrogens is 268 g/mol. The van der Waals surface area contributed by atoms with Crippen LogP contribution in [0.15, 0.2) is 18.2 Å². The number of amides is 1. The molecule has 118 valence electrons. The van der Waals surface area contributed by atoms with Crippen molar-refractivity contribution in [2.24, 2.45) is 0 Å². The van der Waals surface area contributed by atoms with E-state index in [9.17, 15) is 4.79 Å². The van der Waals surface area contributed by atoms with E-state index in [-0.39, 0.29) is 11.4 Å². The number of hydrogen-bond acceptors (Lipinski definition) is 4. The first-order valence-corrected chi connectivity index (χ1v) is 7.11. The molecule has 1 aromatic rings. The molecule has 0 aliphatic rings. The van der Waals surface area contributed by atoms with E-state index in [2.05, 4.69) is 31.4 Å². The van der Waals surface area contributed by atoms with Gasteiger partial charge in [0.25, 0.3) is 0 Å². The minimum atomic E-state index is -0.0417. The van der Waals surface area contributed by atoms with E-state index in [1.807, 2.05) is 18.2 Å². The predicted octanol–water partition coefficient (Wildman–Crippen LogP) is 2.10. The molecule has 0 spiro atoms. The van der Waals surface area contributed by atoms with E-state index >= 15 is 0 Å². The number of ether oxygens (including phenoxy) is 2. The Kier molecular flexibility index (Phi) is 6.49. The van der Waals surface area contributed by atoms with Gasteiger partial charge in [-0.25, -0.2) is 0 Å². The molecule has 0 atom stereocenters. The molecule has 0 fully saturated rings. The highest BCUT2D eigenvalue weighted by Crippen LogP contribution is 2.28. The van der Waals surface area contributed by atoms with Gasteiger partial charge in [0, 0.05) is 19.1 Å². The Balaban J connectivity index is 2.63. The lowest BCUT2D eigenvalue weighted by Crippen LogP contribution is -2.35. The highest BCUT2D eigenvalue weighted by atomic mass is 16.5. The van der Waals surface area contributed by atoms with Gasteiger partial charge in [-0.3, -0.25) is 4.79 Å². The van der Waals surface area contributed by atoms with Crippen LogP contribution in [0.25, 0.3) is 0 Å².